The van der Waals surface area contributed by atoms with E-state index in [1.165, 1.54) is 25.7 Å². The molecule has 31 heavy (non-hydrogen) atoms. The third-order valence-corrected chi connectivity index (χ3v) is 8.30. The Morgan fingerprint density at radius 1 is 1.10 bits per heavy atom. The molecule has 2 N–H and O–H groups in total. The molecular weight excluding hydrogens is 388 g/mol. The Kier molecular flexibility index (Phi) is 3.69. The highest BCUT2D eigenvalue weighted by molar-refractivity contribution is 5.72. The van der Waals surface area contributed by atoms with Crippen LogP contribution in [0, 0.1) is 17.3 Å². The monoisotopic (exact) mass is 416 g/mol. The summed E-state index contributed by atoms with van der Waals surface area (Å²) in [5, 5.41) is 6.82. The number of anilines is 2. The summed E-state index contributed by atoms with van der Waals surface area (Å²) in [6.07, 6.45) is 12.7. The van der Waals surface area contributed by atoms with E-state index in [0.717, 1.165) is 72.7 Å². The lowest BCUT2D eigenvalue weighted by Crippen LogP contribution is -2.48. The van der Waals surface area contributed by atoms with Gasteiger partial charge in [0.1, 0.15) is 11.3 Å². The van der Waals surface area contributed by atoms with Crippen LogP contribution in [0.4, 0.5) is 11.5 Å². The highest BCUT2D eigenvalue weighted by Gasteiger charge is 2.59. The first-order valence-electron chi connectivity index (χ1n) is 11.6. The van der Waals surface area contributed by atoms with Crippen LogP contribution in [0.25, 0.3) is 11.2 Å². The summed E-state index contributed by atoms with van der Waals surface area (Å²) in [6, 6.07) is 4.51. The summed E-state index contributed by atoms with van der Waals surface area (Å²) >= 11 is 0. The Morgan fingerprint density at radius 3 is 2.84 bits per heavy atom. The summed E-state index contributed by atoms with van der Waals surface area (Å²) < 4.78 is 0. The molecule has 7 rings (SSSR count). The van der Waals surface area contributed by atoms with Crippen LogP contribution in [0.1, 0.15) is 37.8 Å². The molecule has 3 atom stereocenters. The number of hydrogen-bond acceptors (Lipinski definition) is 7. The van der Waals surface area contributed by atoms with E-state index in [4.69, 9.17) is 15.7 Å². The summed E-state index contributed by atoms with van der Waals surface area (Å²) in [5.41, 5.74) is 10.9. The highest BCUT2D eigenvalue weighted by Crippen LogP contribution is 2.62. The Bertz CT molecular complexity index is 1150. The first kappa shape index (κ1) is 17.9. The summed E-state index contributed by atoms with van der Waals surface area (Å²) in [5.74, 6) is 2.66. The average Bonchev–Trinajstić information content (AvgIpc) is 3.36. The lowest BCUT2D eigenvalue weighted by molar-refractivity contribution is 0.172. The number of aryl methyl sites for hydroxylation is 1. The molecule has 1 spiro atoms. The molecular formula is C23H28N8. The van der Waals surface area contributed by atoms with Crippen LogP contribution in [0.5, 0.6) is 0 Å². The molecule has 2 aliphatic carbocycles. The second-order valence-corrected chi connectivity index (χ2v) is 9.91. The van der Waals surface area contributed by atoms with Gasteiger partial charge in [-0.2, -0.15) is 9.89 Å². The van der Waals surface area contributed by atoms with E-state index in [-0.39, 0.29) is 0 Å². The second kappa shape index (κ2) is 6.38. The van der Waals surface area contributed by atoms with Crippen molar-refractivity contribution >= 4 is 22.7 Å². The number of piperidine rings is 1. The number of aromatic nitrogens is 5. The number of hydrogen-bond donors (Lipinski definition) is 1. The van der Waals surface area contributed by atoms with Gasteiger partial charge >= 0.3 is 0 Å². The average molecular weight is 417 g/mol. The van der Waals surface area contributed by atoms with Crippen LogP contribution in [0.3, 0.4) is 0 Å². The molecule has 3 aromatic heterocycles. The van der Waals surface area contributed by atoms with Crippen LogP contribution in [0.15, 0.2) is 30.7 Å². The van der Waals surface area contributed by atoms with Gasteiger partial charge in [0.2, 0.25) is 5.65 Å². The maximum Gasteiger partial charge on any atom is 0.201 e. The van der Waals surface area contributed by atoms with E-state index in [1.807, 2.05) is 29.4 Å². The van der Waals surface area contributed by atoms with Gasteiger partial charge in [0, 0.05) is 31.9 Å². The quantitative estimate of drug-likeness (QED) is 0.686. The van der Waals surface area contributed by atoms with E-state index in [0.29, 0.717) is 11.5 Å². The minimum atomic E-state index is 0.369. The Morgan fingerprint density at radius 2 is 2.00 bits per heavy atom. The molecule has 3 aromatic rings. The third kappa shape index (κ3) is 2.63. The Hall–Kier alpha value is -2.74. The molecule has 0 radical (unpaired) electrons. The van der Waals surface area contributed by atoms with Gasteiger partial charge in [0.05, 0.1) is 23.8 Å². The maximum absolute atomic E-state index is 6.65. The van der Waals surface area contributed by atoms with Gasteiger partial charge in [-0.05, 0) is 67.9 Å². The molecule has 0 amide bonds. The Labute approximate surface area is 181 Å². The van der Waals surface area contributed by atoms with Gasteiger partial charge in [-0.3, -0.25) is 9.99 Å². The van der Waals surface area contributed by atoms with Gasteiger partial charge in [0.15, 0.2) is 0 Å². The van der Waals surface area contributed by atoms with Crippen LogP contribution in [-0.4, -0.2) is 50.5 Å². The van der Waals surface area contributed by atoms with Crippen molar-refractivity contribution in [3.8, 4) is 0 Å². The summed E-state index contributed by atoms with van der Waals surface area (Å²) in [7, 11) is 0. The SMILES string of the molecule is NC1C2CC2CC12CCN(c1cnc3cnn(N4CCCc5ncccc54)c3n1)CC2. The Balaban J connectivity index is 1.18. The topological polar surface area (TPSA) is 89.0 Å². The second-order valence-electron chi connectivity index (χ2n) is 9.91. The van der Waals surface area contributed by atoms with Gasteiger partial charge < -0.3 is 10.6 Å². The maximum atomic E-state index is 6.65. The molecule has 2 saturated carbocycles. The number of nitrogens with two attached hydrogens (primary N) is 1. The van der Waals surface area contributed by atoms with Gasteiger partial charge in [0.25, 0.3) is 0 Å². The van der Waals surface area contributed by atoms with Crippen molar-refractivity contribution in [3.63, 3.8) is 0 Å². The first-order chi connectivity index (χ1) is 15.2. The molecule has 5 heterocycles. The number of nitrogens with zero attached hydrogens (tertiary/aromatic N) is 7. The number of fused-ring (bicyclic) bond motifs is 3. The predicted molar refractivity (Wildman–Crippen MR) is 119 cm³/mol. The zero-order valence-corrected chi connectivity index (χ0v) is 17.7. The fraction of sp³-hybridized carbons (Fsp3) is 0.565. The van der Waals surface area contributed by atoms with E-state index in [1.54, 1.807) is 0 Å². The van der Waals surface area contributed by atoms with E-state index < -0.39 is 0 Å². The van der Waals surface area contributed by atoms with Crippen molar-refractivity contribution in [1.82, 2.24) is 24.8 Å². The van der Waals surface area contributed by atoms with Gasteiger partial charge in [-0.1, -0.05) is 0 Å². The van der Waals surface area contributed by atoms with Crippen molar-refractivity contribution in [2.24, 2.45) is 23.0 Å². The molecule has 1 saturated heterocycles. The van der Waals surface area contributed by atoms with Gasteiger partial charge in [-0.15, -0.1) is 0 Å². The van der Waals surface area contributed by atoms with E-state index >= 15 is 0 Å². The van der Waals surface area contributed by atoms with Crippen molar-refractivity contribution in [1.29, 1.82) is 0 Å². The third-order valence-electron chi connectivity index (χ3n) is 8.30. The van der Waals surface area contributed by atoms with E-state index in [2.05, 4.69) is 26.1 Å². The lowest BCUT2D eigenvalue weighted by Gasteiger charge is -2.43. The first-order valence-corrected chi connectivity index (χ1v) is 11.6. The van der Waals surface area contributed by atoms with Gasteiger partial charge in [-0.25, -0.2) is 9.97 Å². The summed E-state index contributed by atoms with van der Waals surface area (Å²) in [4.78, 5) is 18.6. The molecule has 160 valence electrons. The molecule has 2 aliphatic heterocycles. The number of rotatable bonds is 2. The van der Waals surface area contributed by atoms with Crippen LogP contribution in [0.2, 0.25) is 0 Å². The fourth-order valence-electron chi connectivity index (χ4n) is 6.46. The molecule has 3 fully saturated rings. The number of pyridine rings is 1. The van der Waals surface area contributed by atoms with Crippen molar-refractivity contribution in [3.05, 3.63) is 36.4 Å². The van der Waals surface area contributed by atoms with Crippen LogP contribution in [-0.2, 0) is 6.42 Å². The normalized spacial score (nSPS) is 28.7. The minimum absolute atomic E-state index is 0.369. The molecule has 4 aliphatic rings. The molecule has 8 heteroatoms. The minimum Gasteiger partial charge on any atom is -0.355 e. The lowest BCUT2D eigenvalue weighted by atomic mass is 9.72. The standard InChI is InChI=1S/C23H28N8/c24-21-16-11-15(16)12-23(21)5-9-29(10-6-23)20-14-26-18-13-27-31(22(18)28-20)30-8-2-3-17-19(30)4-1-7-25-17/h1,4,7,13-16,21H,2-3,5-6,8-12,24H2. The highest BCUT2D eigenvalue weighted by atomic mass is 15.7. The smallest absolute Gasteiger partial charge is 0.201 e. The van der Waals surface area contributed by atoms with Crippen molar-refractivity contribution in [2.75, 3.05) is 29.5 Å². The zero-order chi connectivity index (χ0) is 20.6. The van der Waals surface area contributed by atoms with Crippen molar-refractivity contribution < 1.29 is 0 Å². The van der Waals surface area contributed by atoms with E-state index in [9.17, 15) is 0 Å². The van der Waals surface area contributed by atoms with Crippen molar-refractivity contribution in [2.45, 2.75) is 44.6 Å². The summed E-state index contributed by atoms with van der Waals surface area (Å²) in [6.45, 7) is 2.92. The molecule has 0 bridgehead atoms. The molecule has 0 aromatic carbocycles. The fourth-order valence-corrected chi connectivity index (χ4v) is 6.46. The predicted octanol–water partition coefficient (Wildman–Crippen LogP) is 2.39. The molecule has 8 nitrogen and oxygen atoms in total. The van der Waals surface area contributed by atoms with Crippen LogP contribution >= 0.6 is 0 Å². The molecule has 3 unspecified atom stereocenters. The van der Waals surface area contributed by atoms with Crippen LogP contribution < -0.4 is 15.6 Å². The largest absolute Gasteiger partial charge is 0.355 e. The zero-order valence-electron chi connectivity index (χ0n) is 17.7.